The Morgan fingerprint density at radius 3 is 2.75 bits per heavy atom. The average molecular weight is 274 g/mol. The van der Waals surface area contributed by atoms with Gasteiger partial charge >= 0.3 is 0 Å². The van der Waals surface area contributed by atoms with Gasteiger partial charge in [0, 0.05) is 5.70 Å². The fraction of sp³-hybridized carbons (Fsp3) is 0.167. The van der Waals surface area contributed by atoms with Gasteiger partial charge in [0.05, 0.1) is 5.57 Å². The molecule has 0 saturated carbocycles. The Morgan fingerprint density at radius 2 is 2.10 bits per heavy atom. The number of anilines is 1. The summed E-state index contributed by atoms with van der Waals surface area (Å²) in [7, 11) is 0. The number of carbonyl (C=O) groups excluding carboxylic acids is 1. The van der Waals surface area contributed by atoms with Gasteiger partial charge in [-0.05, 0) is 35.0 Å². The van der Waals surface area contributed by atoms with E-state index in [-0.39, 0.29) is 5.82 Å². The van der Waals surface area contributed by atoms with Crippen LogP contribution in [0.15, 0.2) is 35.5 Å². The van der Waals surface area contributed by atoms with Crippen LogP contribution >= 0.6 is 0 Å². The Labute approximate surface area is 113 Å². The first-order chi connectivity index (χ1) is 9.58. The molecule has 1 aliphatic heterocycles. The molecule has 0 unspecified atom stereocenters. The molecule has 8 heteroatoms. The standard InChI is InChI=1S/C12H11FN6O/c1-6-9(11(14)20)10(7-2-4-8(13)5-3-7)19-12(15-6)16-17-18-19/h2-5,10H,1H3,(H2,14,20)(H,15,16,18)/t10-/m0/s1. The van der Waals surface area contributed by atoms with Crippen LogP contribution < -0.4 is 11.1 Å². The summed E-state index contributed by atoms with van der Waals surface area (Å²) in [6, 6.07) is 5.21. The van der Waals surface area contributed by atoms with Crippen molar-refractivity contribution in [1.82, 2.24) is 20.2 Å². The van der Waals surface area contributed by atoms with Gasteiger partial charge in [-0.1, -0.05) is 17.2 Å². The largest absolute Gasteiger partial charge is 0.366 e. The number of nitrogens with two attached hydrogens (primary N) is 1. The topological polar surface area (TPSA) is 98.7 Å². The van der Waals surface area contributed by atoms with Crippen LogP contribution in [0.25, 0.3) is 0 Å². The first-order valence-corrected chi connectivity index (χ1v) is 5.89. The van der Waals surface area contributed by atoms with E-state index in [1.807, 2.05) is 0 Å². The third-order valence-electron chi connectivity index (χ3n) is 3.17. The van der Waals surface area contributed by atoms with Crippen LogP contribution in [0, 0.1) is 5.82 Å². The lowest BCUT2D eigenvalue weighted by atomic mass is 9.95. The second-order valence-electron chi connectivity index (χ2n) is 4.43. The number of allylic oxidation sites excluding steroid dienone is 1. The third-order valence-corrected chi connectivity index (χ3v) is 3.17. The van der Waals surface area contributed by atoms with Crippen molar-refractivity contribution in [2.24, 2.45) is 5.73 Å². The van der Waals surface area contributed by atoms with Crippen molar-refractivity contribution in [3.63, 3.8) is 0 Å². The Morgan fingerprint density at radius 1 is 1.40 bits per heavy atom. The van der Waals surface area contributed by atoms with Crippen LogP contribution in [0.1, 0.15) is 18.5 Å². The van der Waals surface area contributed by atoms with Gasteiger partial charge < -0.3 is 11.1 Å². The molecule has 2 heterocycles. The summed E-state index contributed by atoms with van der Waals surface area (Å²) >= 11 is 0. The number of benzene rings is 1. The molecule has 1 aromatic heterocycles. The molecule has 20 heavy (non-hydrogen) atoms. The first kappa shape index (κ1) is 12.3. The van der Waals surface area contributed by atoms with E-state index < -0.39 is 11.9 Å². The molecule has 0 saturated heterocycles. The van der Waals surface area contributed by atoms with Crippen molar-refractivity contribution in [3.8, 4) is 0 Å². The second kappa shape index (κ2) is 4.41. The highest BCUT2D eigenvalue weighted by Crippen LogP contribution is 2.33. The maximum atomic E-state index is 13.1. The van der Waals surface area contributed by atoms with Crippen molar-refractivity contribution in [2.75, 3.05) is 5.32 Å². The van der Waals surface area contributed by atoms with E-state index in [4.69, 9.17) is 5.73 Å². The Balaban J connectivity index is 2.19. The molecule has 1 amide bonds. The maximum Gasteiger partial charge on any atom is 0.248 e. The minimum absolute atomic E-state index is 0.344. The monoisotopic (exact) mass is 274 g/mol. The summed E-state index contributed by atoms with van der Waals surface area (Å²) in [5.74, 6) is -0.534. The molecule has 1 aliphatic rings. The minimum atomic E-state index is -0.578. The van der Waals surface area contributed by atoms with Crippen LogP contribution in [0.5, 0.6) is 0 Å². The van der Waals surface area contributed by atoms with Crippen LogP contribution in [0.2, 0.25) is 0 Å². The molecule has 1 aromatic carbocycles. The fourth-order valence-corrected chi connectivity index (χ4v) is 2.28. The fourth-order valence-electron chi connectivity index (χ4n) is 2.28. The summed E-state index contributed by atoms with van der Waals surface area (Å²) in [5.41, 5.74) is 7.05. The maximum absolute atomic E-state index is 13.1. The van der Waals surface area contributed by atoms with E-state index in [0.717, 1.165) is 0 Å². The first-order valence-electron chi connectivity index (χ1n) is 5.89. The molecule has 102 valence electrons. The number of carbonyl (C=O) groups is 1. The number of rotatable bonds is 2. The number of nitrogens with zero attached hydrogens (tertiary/aromatic N) is 4. The van der Waals surface area contributed by atoms with Crippen molar-refractivity contribution < 1.29 is 9.18 Å². The van der Waals surface area contributed by atoms with Crippen LogP contribution in [-0.4, -0.2) is 26.1 Å². The van der Waals surface area contributed by atoms with Crippen molar-refractivity contribution >= 4 is 11.9 Å². The van der Waals surface area contributed by atoms with Gasteiger partial charge in [0.1, 0.15) is 11.9 Å². The van der Waals surface area contributed by atoms with Crippen LogP contribution in [-0.2, 0) is 4.79 Å². The van der Waals surface area contributed by atoms with Gasteiger partial charge in [-0.15, -0.1) is 0 Å². The molecule has 1 atom stereocenters. The Bertz CT molecular complexity index is 705. The Hall–Kier alpha value is -2.77. The molecule has 0 radical (unpaired) electrons. The molecule has 0 spiro atoms. The summed E-state index contributed by atoms with van der Waals surface area (Å²) in [6.07, 6.45) is 0. The number of hydrogen-bond acceptors (Lipinski definition) is 5. The molecule has 0 fully saturated rings. The molecule has 3 rings (SSSR count). The summed E-state index contributed by atoms with van der Waals surface area (Å²) in [4.78, 5) is 11.7. The third kappa shape index (κ3) is 1.81. The number of fused-ring (bicyclic) bond motifs is 1. The van der Waals surface area contributed by atoms with E-state index in [1.54, 1.807) is 19.1 Å². The van der Waals surface area contributed by atoms with Gasteiger partial charge in [-0.25, -0.2) is 4.39 Å². The Kier molecular flexibility index (Phi) is 2.70. The molecule has 3 N–H and O–H groups in total. The summed E-state index contributed by atoms with van der Waals surface area (Å²) in [6.45, 7) is 1.72. The van der Waals surface area contributed by atoms with E-state index in [2.05, 4.69) is 20.8 Å². The van der Waals surface area contributed by atoms with Gasteiger partial charge in [0.2, 0.25) is 11.9 Å². The number of aromatic nitrogens is 4. The molecular weight excluding hydrogens is 263 g/mol. The predicted octanol–water partition coefficient (Wildman–Crippen LogP) is 0.586. The molecule has 7 nitrogen and oxygen atoms in total. The highest BCUT2D eigenvalue weighted by Gasteiger charge is 2.32. The van der Waals surface area contributed by atoms with Crippen LogP contribution in [0.4, 0.5) is 10.3 Å². The van der Waals surface area contributed by atoms with Crippen LogP contribution in [0.3, 0.4) is 0 Å². The number of halogens is 1. The smallest absolute Gasteiger partial charge is 0.248 e. The number of nitrogens with one attached hydrogen (secondary N) is 1. The number of tetrazole rings is 1. The predicted molar refractivity (Wildman–Crippen MR) is 67.9 cm³/mol. The summed E-state index contributed by atoms with van der Waals surface area (Å²) in [5, 5.41) is 14.2. The second-order valence-corrected chi connectivity index (χ2v) is 4.43. The average Bonchev–Trinajstić information content (AvgIpc) is 2.85. The van der Waals surface area contributed by atoms with Gasteiger partial charge in [0.15, 0.2) is 0 Å². The van der Waals surface area contributed by atoms with Gasteiger partial charge in [-0.2, -0.15) is 4.68 Å². The minimum Gasteiger partial charge on any atom is -0.366 e. The quantitative estimate of drug-likeness (QED) is 0.835. The van der Waals surface area contributed by atoms with Crippen molar-refractivity contribution in [1.29, 1.82) is 0 Å². The number of hydrogen-bond donors (Lipinski definition) is 2. The van der Waals surface area contributed by atoms with E-state index in [1.165, 1.54) is 16.8 Å². The highest BCUT2D eigenvalue weighted by atomic mass is 19.1. The zero-order valence-corrected chi connectivity index (χ0v) is 10.5. The summed E-state index contributed by atoms with van der Waals surface area (Å²) < 4.78 is 14.5. The molecule has 2 aromatic rings. The highest BCUT2D eigenvalue weighted by molar-refractivity contribution is 5.95. The van der Waals surface area contributed by atoms with Crippen molar-refractivity contribution in [2.45, 2.75) is 13.0 Å². The van der Waals surface area contributed by atoms with E-state index in [0.29, 0.717) is 22.8 Å². The normalized spacial score (nSPS) is 17.6. The number of primary amides is 1. The molecule has 0 aliphatic carbocycles. The lowest BCUT2D eigenvalue weighted by Crippen LogP contribution is -2.31. The number of amides is 1. The lowest BCUT2D eigenvalue weighted by Gasteiger charge is -2.26. The van der Waals surface area contributed by atoms with E-state index >= 15 is 0 Å². The van der Waals surface area contributed by atoms with Gasteiger partial charge in [0.25, 0.3) is 0 Å². The molecule has 0 bridgehead atoms. The van der Waals surface area contributed by atoms with E-state index in [9.17, 15) is 9.18 Å². The lowest BCUT2D eigenvalue weighted by molar-refractivity contribution is -0.115. The zero-order chi connectivity index (χ0) is 14.3. The molecular formula is C12H11FN6O. The van der Waals surface area contributed by atoms with Gasteiger partial charge in [-0.3, -0.25) is 4.79 Å². The zero-order valence-electron chi connectivity index (χ0n) is 10.5. The SMILES string of the molecule is CC1=C(C(N)=O)[C@H](c2ccc(F)cc2)n2nnnc2N1. The van der Waals surface area contributed by atoms with Crippen molar-refractivity contribution in [3.05, 3.63) is 46.9 Å².